The molecule has 0 unspecified atom stereocenters. The molecule has 3 rings (SSSR count). The predicted molar refractivity (Wildman–Crippen MR) is 81.7 cm³/mol. The molecule has 0 fully saturated rings. The third kappa shape index (κ3) is 2.58. The number of benzene rings is 1. The van der Waals surface area contributed by atoms with Crippen LogP contribution in [0.3, 0.4) is 0 Å². The number of hydrogen-bond acceptors (Lipinski definition) is 3. The third-order valence-electron chi connectivity index (χ3n) is 3.11. The zero-order valence-electron chi connectivity index (χ0n) is 10.9. The number of rotatable bonds is 4. The monoisotopic (exact) mass is 353 g/mol. The van der Waals surface area contributed by atoms with E-state index in [2.05, 4.69) is 41.6 Å². The average Bonchev–Trinajstić information content (AvgIpc) is 2.99. The maximum Gasteiger partial charge on any atom is 0.152 e. The van der Waals surface area contributed by atoms with E-state index in [9.17, 15) is 0 Å². The van der Waals surface area contributed by atoms with E-state index in [-0.39, 0.29) is 0 Å². The van der Waals surface area contributed by atoms with Crippen LogP contribution in [-0.2, 0) is 25.9 Å². The van der Waals surface area contributed by atoms with Crippen molar-refractivity contribution in [2.45, 2.75) is 18.8 Å². The Bertz CT molecular complexity index is 748. The van der Waals surface area contributed by atoms with Gasteiger partial charge in [-0.1, -0.05) is 15.9 Å². The van der Waals surface area contributed by atoms with E-state index in [0.717, 1.165) is 40.1 Å². The summed E-state index contributed by atoms with van der Waals surface area (Å²) in [7, 11) is 1.87. The third-order valence-corrected chi connectivity index (χ3v) is 3.85. The second kappa shape index (κ2) is 5.54. The summed E-state index contributed by atoms with van der Waals surface area (Å²) >= 11 is 9.49. The smallest absolute Gasteiger partial charge is 0.152 e. The molecule has 1 aromatic carbocycles. The van der Waals surface area contributed by atoms with E-state index in [1.54, 1.807) is 11.0 Å². The van der Waals surface area contributed by atoms with Gasteiger partial charge in [0.15, 0.2) is 5.82 Å². The molecule has 0 spiro atoms. The van der Waals surface area contributed by atoms with Crippen LogP contribution in [0.15, 0.2) is 29.0 Å². The fraction of sp³-hybridized carbons (Fsp3) is 0.308. The maximum atomic E-state index is 6.00. The lowest BCUT2D eigenvalue weighted by Gasteiger charge is -2.06. The highest BCUT2D eigenvalue weighted by atomic mass is 79.9. The summed E-state index contributed by atoms with van der Waals surface area (Å²) in [5, 5.41) is 4.29. The van der Waals surface area contributed by atoms with Gasteiger partial charge >= 0.3 is 0 Å². The minimum atomic E-state index is 0.391. The lowest BCUT2D eigenvalue weighted by atomic mass is 10.3. The van der Waals surface area contributed by atoms with Crippen LogP contribution in [0, 0.1) is 0 Å². The summed E-state index contributed by atoms with van der Waals surface area (Å²) in [5.41, 5.74) is 2.03. The zero-order valence-corrected chi connectivity index (χ0v) is 13.3. The first-order chi connectivity index (χ1) is 9.67. The van der Waals surface area contributed by atoms with E-state index < -0.39 is 0 Å². The SMILES string of the molecule is Cn1cnc(CCn2c(CCl)nc3ccc(Br)cc32)n1. The van der Waals surface area contributed by atoms with Crippen LogP contribution in [0.1, 0.15) is 11.6 Å². The van der Waals surface area contributed by atoms with Gasteiger partial charge in [0.2, 0.25) is 0 Å². The molecule has 5 nitrogen and oxygen atoms in total. The van der Waals surface area contributed by atoms with Crippen molar-refractivity contribution in [3.63, 3.8) is 0 Å². The average molecular weight is 355 g/mol. The fourth-order valence-corrected chi connectivity index (χ4v) is 2.76. The van der Waals surface area contributed by atoms with Crippen molar-refractivity contribution < 1.29 is 0 Å². The van der Waals surface area contributed by atoms with Gasteiger partial charge in [0.25, 0.3) is 0 Å². The highest BCUT2D eigenvalue weighted by Crippen LogP contribution is 2.22. The number of hydrogen-bond donors (Lipinski definition) is 0. The van der Waals surface area contributed by atoms with Gasteiger partial charge < -0.3 is 4.57 Å². The van der Waals surface area contributed by atoms with Crippen LogP contribution in [0.5, 0.6) is 0 Å². The van der Waals surface area contributed by atoms with Crippen LogP contribution in [0.2, 0.25) is 0 Å². The Balaban J connectivity index is 1.94. The molecule has 0 atom stereocenters. The first kappa shape index (κ1) is 13.6. The molecule has 0 saturated heterocycles. The molecule has 0 aliphatic rings. The molecule has 3 aromatic rings. The van der Waals surface area contributed by atoms with E-state index >= 15 is 0 Å². The summed E-state index contributed by atoms with van der Waals surface area (Å²) in [6.45, 7) is 0.763. The number of nitrogens with zero attached hydrogens (tertiary/aromatic N) is 5. The van der Waals surface area contributed by atoms with Gasteiger partial charge in [-0.3, -0.25) is 4.68 Å². The summed E-state index contributed by atoms with van der Waals surface area (Å²) < 4.78 is 4.87. The van der Waals surface area contributed by atoms with Gasteiger partial charge in [0, 0.05) is 24.5 Å². The van der Waals surface area contributed by atoms with Crippen LogP contribution in [0.25, 0.3) is 11.0 Å². The summed E-state index contributed by atoms with van der Waals surface area (Å²) in [6.07, 6.45) is 2.46. The van der Waals surface area contributed by atoms with Crippen molar-refractivity contribution in [1.82, 2.24) is 24.3 Å². The van der Waals surface area contributed by atoms with Crippen molar-refractivity contribution in [3.05, 3.63) is 40.6 Å². The van der Waals surface area contributed by atoms with Gasteiger partial charge in [0.1, 0.15) is 12.2 Å². The van der Waals surface area contributed by atoms with E-state index in [1.807, 2.05) is 19.2 Å². The second-order valence-corrected chi connectivity index (χ2v) is 5.71. The molecular weight excluding hydrogens is 342 g/mol. The Hall–Kier alpha value is -1.40. The van der Waals surface area contributed by atoms with Gasteiger partial charge in [-0.15, -0.1) is 11.6 Å². The number of alkyl halides is 1. The van der Waals surface area contributed by atoms with Crippen molar-refractivity contribution in [1.29, 1.82) is 0 Å². The number of fused-ring (bicyclic) bond motifs is 1. The van der Waals surface area contributed by atoms with Crippen molar-refractivity contribution in [2.24, 2.45) is 7.05 Å². The normalized spacial score (nSPS) is 11.3. The lowest BCUT2D eigenvalue weighted by Crippen LogP contribution is -2.06. The van der Waals surface area contributed by atoms with Crippen molar-refractivity contribution in [2.75, 3.05) is 0 Å². The van der Waals surface area contributed by atoms with Crippen LogP contribution < -0.4 is 0 Å². The first-order valence-electron chi connectivity index (χ1n) is 6.22. The zero-order chi connectivity index (χ0) is 14.1. The van der Waals surface area contributed by atoms with Gasteiger partial charge in [-0.2, -0.15) is 5.10 Å². The summed E-state index contributed by atoms with van der Waals surface area (Å²) in [6, 6.07) is 6.03. The highest BCUT2D eigenvalue weighted by Gasteiger charge is 2.11. The second-order valence-electron chi connectivity index (χ2n) is 4.53. The molecule has 0 radical (unpaired) electrons. The Morgan fingerprint density at radius 2 is 2.20 bits per heavy atom. The number of halogens is 2. The Morgan fingerprint density at radius 3 is 2.90 bits per heavy atom. The highest BCUT2D eigenvalue weighted by molar-refractivity contribution is 9.10. The molecule has 2 aromatic heterocycles. The summed E-state index contributed by atoms with van der Waals surface area (Å²) in [4.78, 5) is 8.80. The largest absolute Gasteiger partial charge is 0.326 e. The van der Waals surface area contributed by atoms with Crippen LogP contribution in [0.4, 0.5) is 0 Å². The van der Waals surface area contributed by atoms with E-state index in [1.165, 1.54) is 0 Å². The quantitative estimate of drug-likeness (QED) is 0.677. The van der Waals surface area contributed by atoms with E-state index in [0.29, 0.717) is 5.88 Å². The number of aryl methyl sites for hydroxylation is 3. The number of imidazole rings is 1. The molecule has 2 heterocycles. The summed E-state index contributed by atoms with van der Waals surface area (Å²) in [5.74, 6) is 2.09. The Morgan fingerprint density at radius 1 is 1.35 bits per heavy atom. The van der Waals surface area contributed by atoms with Gasteiger partial charge in [-0.05, 0) is 18.2 Å². The topological polar surface area (TPSA) is 48.5 Å². The van der Waals surface area contributed by atoms with Gasteiger partial charge in [0.05, 0.1) is 16.9 Å². The standard InChI is InChI=1S/C13H13BrClN5/c1-19-8-16-12(18-19)4-5-20-11-6-9(14)2-3-10(11)17-13(20)7-15/h2-3,6,8H,4-5,7H2,1H3. The van der Waals surface area contributed by atoms with Gasteiger partial charge in [-0.25, -0.2) is 9.97 Å². The molecule has 20 heavy (non-hydrogen) atoms. The predicted octanol–water partition coefficient (Wildman–Crippen LogP) is 2.91. The van der Waals surface area contributed by atoms with Crippen LogP contribution in [-0.4, -0.2) is 24.3 Å². The molecule has 0 saturated carbocycles. The molecule has 104 valence electrons. The molecule has 0 N–H and O–H groups in total. The molecule has 0 aliphatic carbocycles. The lowest BCUT2D eigenvalue weighted by molar-refractivity contribution is 0.654. The Kier molecular flexibility index (Phi) is 3.76. The number of aromatic nitrogens is 5. The van der Waals surface area contributed by atoms with Crippen molar-refractivity contribution >= 4 is 38.6 Å². The fourth-order valence-electron chi connectivity index (χ4n) is 2.21. The maximum absolute atomic E-state index is 6.00. The van der Waals surface area contributed by atoms with Crippen LogP contribution >= 0.6 is 27.5 Å². The molecule has 7 heteroatoms. The Labute approximate surface area is 129 Å². The van der Waals surface area contributed by atoms with Crippen molar-refractivity contribution in [3.8, 4) is 0 Å². The minimum Gasteiger partial charge on any atom is -0.326 e. The van der Waals surface area contributed by atoms with E-state index in [4.69, 9.17) is 11.6 Å². The minimum absolute atomic E-state index is 0.391. The molecule has 0 aliphatic heterocycles. The molecule has 0 bridgehead atoms. The molecular formula is C13H13BrClN5. The first-order valence-corrected chi connectivity index (χ1v) is 7.55. The molecule has 0 amide bonds.